The van der Waals surface area contributed by atoms with Crippen LogP contribution < -0.4 is 16.1 Å². The third kappa shape index (κ3) is 2.93. The van der Waals surface area contributed by atoms with Gasteiger partial charge in [0.2, 0.25) is 5.43 Å². The van der Waals surface area contributed by atoms with Crippen molar-refractivity contribution in [3.63, 3.8) is 0 Å². The van der Waals surface area contributed by atoms with Crippen molar-refractivity contribution in [3.05, 3.63) is 38.9 Å². The zero-order chi connectivity index (χ0) is 19.2. The second kappa shape index (κ2) is 6.85. The second-order valence-electron chi connectivity index (χ2n) is 6.52. The highest BCUT2D eigenvalue weighted by Gasteiger charge is 2.31. The van der Waals surface area contributed by atoms with Crippen LogP contribution in [0.1, 0.15) is 17.3 Å². The fraction of sp³-hybridized carbons (Fsp3) is 0.412. The fourth-order valence-electron chi connectivity index (χ4n) is 3.36. The van der Waals surface area contributed by atoms with Gasteiger partial charge in [-0.25, -0.2) is 13.6 Å². The first-order valence-electron chi connectivity index (χ1n) is 8.11. The number of fused-ring (bicyclic) bond motifs is 1. The standard InChI is InChI=1S/C17H18ClF2N3O3/c1-8-5-23(7-12(8)21)15-11(20)4-9-14(13(15)18)22(3-2-19)6-10(16(9)24)17(25)26/h4,6,8,12H,2-3,5,7,21H2,1H3,(H,25,26)/t8-,12+/m1/s1. The number of carboxylic acid groups (broad SMARTS) is 1. The highest BCUT2D eigenvalue weighted by atomic mass is 35.5. The molecule has 0 spiro atoms. The van der Waals surface area contributed by atoms with Gasteiger partial charge in [-0.05, 0) is 12.0 Å². The van der Waals surface area contributed by atoms with E-state index >= 15 is 0 Å². The molecule has 3 N–H and O–H groups in total. The highest BCUT2D eigenvalue weighted by molar-refractivity contribution is 6.38. The lowest BCUT2D eigenvalue weighted by Crippen LogP contribution is -2.29. The van der Waals surface area contributed by atoms with E-state index in [9.17, 15) is 23.5 Å². The number of nitrogens with two attached hydrogens (primary N) is 1. The Hall–Kier alpha value is -2.19. The van der Waals surface area contributed by atoms with Crippen molar-refractivity contribution in [2.24, 2.45) is 11.7 Å². The molecule has 1 saturated heterocycles. The topological polar surface area (TPSA) is 88.6 Å². The first-order valence-corrected chi connectivity index (χ1v) is 8.49. The Morgan fingerprint density at radius 1 is 1.46 bits per heavy atom. The Balaban J connectivity index is 2.31. The summed E-state index contributed by atoms with van der Waals surface area (Å²) in [6.07, 6.45) is 1.04. The van der Waals surface area contributed by atoms with Gasteiger partial charge in [0.15, 0.2) is 0 Å². The van der Waals surface area contributed by atoms with Crippen LogP contribution in [-0.2, 0) is 6.54 Å². The van der Waals surface area contributed by atoms with E-state index in [1.807, 2.05) is 6.92 Å². The molecule has 1 aliphatic heterocycles. The van der Waals surface area contributed by atoms with Crippen molar-refractivity contribution < 1.29 is 18.7 Å². The van der Waals surface area contributed by atoms with E-state index in [1.165, 1.54) is 4.57 Å². The average Bonchev–Trinajstić information content (AvgIpc) is 2.88. The number of anilines is 1. The molecular formula is C17H18ClF2N3O3. The third-order valence-electron chi connectivity index (χ3n) is 4.77. The summed E-state index contributed by atoms with van der Waals surface area (Å²) in [4.78, 5) is 25.4. The molecule has 2 aromatic rings. The third-order valence-corrected chi connectivity index (χ3v) is 5.13. The van der Waals surface area contributed by atoms with Gasteiger partial charge in [-0.15, -0.1) is 0 Å². The number of aryl methyl sites for hydroxylation is 1. The summed E-state index contributed by atoms with van der Waals surface area (Å²) in [6, 6.07) is 0.817. The SMILES string of the molecule is C[C@@H]1CN(c2c(F)cc3c(=O)c(C(=O)O)cn(CCF)c3c2Cl)C[C@@H]1N. The number of pyridine rings is 1. The number of halogens is 3. The molecule has 0 radical (unpaired) electrons. The van der Waals surface area contributed by atoms with Gasteiger partial charge in [-0.1, -0.05) is 18.5 Å². The number of hydrogen-bond donors (Lipinski definition) is 2. The van der Waals surface area contributed by atoms with Gasteiger partial charge in [-0.3, -0.25) is 4.79 Å². The summed E-state index contributed by atoms with van der Waals surface area (Å²) in [6.45, 7) is 1.81. The van der Waals surface area contributed by atoms with Crippen molar-refractivity contribution in [2.45, 2.75) is 19.5 Å². The Labute approximate surface area is 152 Å². The maximum atomic E-state index is 14.8. The summed E-state index contributed by atoms with van der Waals surface area (Å²) in [7, 11) is 0. The number of hydrogen-bond acceptors (Lipinski definition) is 4. The van der Waals surface area contributed by atoms with E-state index in [2.05, 4.69) is 0 Å². The number of rotatable bonds is 4. The summed E-state index contributed by atoms with van der Waals surface area (Å²) < 4.78 is 29.0. The molecule has 26 heavy (non-hydrogen) atoms. The van der Waals surface area contributed by atoms with Gasteiger partial charge >= 0.3 is 5.97 Å². The van der Waals surface area contributed by atoms with Gasteiger partial charge in [-0.2, -0.15) is 0 Å². The first-order chi connectivity index (χ1) is 12.3. The van der Waals surface area contributed by atoms with Gasteiger partial charge in [0.05, 0.1) is 28.2 Å². The van der Waals surface area contributed by atoms with Crippen LogP contribution in [-0.4, -0.2) is 41.4 Å². The Morgan fingerprint density at radius 3 is 2.69 bits per heavy atom. The minimum atomic E-state index is -1.47. The largest absolute Gasteiger partial charge is 0.477 e. The van der Waals surface area contributed by atoms with Gasteiger partial charge < -0.3 is 20.3 Å². The van der Waals surface area contributed by atoms with Crippen molar-refractivity contribution >= 4 is 34.2 Å². The van der Waals surface area contributed by atoms with E-state index < -0.39 is 29.5 Å². The molecule has 0 bridgehead atoms. The Morgan fingerprint density at radius 2 is 2.15 bits per heavy atom. The van der Waals surface area contributed by atoms with E-state index in [0.717, 1.165) is 12.3 Å². The van der Waals surface area contributed by atoms with E-state index in [0.29, 0.717) is 13.1 Å². The smallest absolute Gasteiger partial charge is 0.341 e. The van der Waals surface area contributed by atoms with Crippen molar-refractivity contribution in [3.8, 4) is 0 Å². The number of aromatic carboxylic acids is 1. The zero-order valence-electron chi connectivity index (χ0n) is 14.0. The molecule has 9 heteroatoms. The first kappa shape index (κ1) is 18.6. The van der Waals surface area contributed by atoms with E-state index in [1.54, 1.807) is 4.90 Å². The zero-order valence-corrected chi connectivity index (χ0v) is 14.8. The van der Waals surface area contributed by atoms with Crippen LogP contribution in [0.5, 0.6) is 0 Å². The molecule has 2 heterocycles. The molecule has 0 aliphatic carbocycles. The van der Waals surface area contributed by atoms with Crippen molar-refractivity contribution in [1.29, 1.82) is 0 Å². The minimum absolute atomic E-state index is 0.0520. The lowest BCUT2D eigenvalue weighted by atomic mass is 10.1. The number of carboxylic acids is 1. The van der Waals surface area contributed by atoms with Crippen molar-refractivity contribution in [2.75, 3.05) is 24.7 Å². The van der Waals surface area contributed by atoms with Crippen LogP contribution >= 0.6 is 11.6 Å². The highest BCUT2D eigenvalue weighted by Crippen LogP contribution is 2.37. The predicted molar refractivity (Wildman–Crippen MR) is 95.5 cm³/mol. The summed E-state index contributed by atoms with van der Waals surface area (Å²) in [5, 5.41) is 8.94. The maximum absolute atomic E-state index is 14.8. The van der Waals surface area contributed by atoms with Crippen LogP contribution in [0.25, 0.3) is 10.9 Å². The van der Waals surface area contributed by atoms with Crippen LogP contribution in [0.2, 0.25) is 5.02 Å². The number of benzene rings is 1. The molecule has 0 amide bonds. The molecule has 0 saturated carbocycles. The van der Waals surface area contributed by atoms with Gasteiger partial charge in [0.25, 0.3) is 0 Å². The predicted octanol–water partition coefficient (Wildman–Crippen LogP) is 2.25. The lowest BCUT2D eigenvalue weighted by molar-refractivity contribution is 0.0694. The summed E-state index contributed by atoms with van der Waals surface area (Å²) in [5.74, 6) is -2.08. The average molecular weight is 386 g/mol. The van der Waals surface area contributed by atoms with Crippen LogP contribution in [0.3, 0.4) is 0 Å². The normalized spacial score (nSPS) is 20.1. The molecule has 1 aliphatic rings. The summed E-state index contributed by atoms with van der Waals surface area (Å²) in [5.41, 5.74) is 4.78. The molecule has 1 aromatic heterocycles. The van der Waals surface area contributed by atoms with Gasteiger partial charge in [0, 0.05) is 25.3 Å². The van der Waals surface area contributed by atoms with Crippen molar-refractivity contribution in [1.82, 2.24) is 4.57 Å². The molecule has 140 valence electrons. The van der Waals surface area contributed by atoms with E-state index in [4.69, 9.17) is 17.3 Å². The molecule has 2 atom stereocenters. The molecule has 6 nitrogen and oxygen atoms in total. The van der Waals surface area contributed by atoms with Crippen LogP contribution in [0.4, 0.5) is 14.5 Å². The second-order valence-corrected chi connectivity index (χ2v) is 6.90. The van der Waals surface area contributed by atoms with Gasteiger partial charge in [0.1, 0.15) is 18.1 Å². The van der Waals surface area contributed by atoms with Crippen LogP contribution in [0, 0.1) is 11.7 Å². The molecular weight excluding hydrogens is 368 g/mol. The number of nitrogens with zero attached hydrogens (tertiary/aromatic N) is 2. The fourth-order valence-corrected chi connectivity index (χ4v) is 3.78. The number of aromatic nitrogens is 1. The monoisotopic (exact) mass is 385 g/mol. The summed E-state index contributed by atoms with van der Waals surface area (Å²) >= 11 is 6.42. The molecule has 1 aromatic carbocycles. The molecule has 1 fully saturated rings. The maximum Gasteiger partial charge on any atom is 0.341 e. The van der Waals surface area contributed by atoms with Crippen LogP contribution in [0.15, 0.2) is 17.1 Å². The number of carbonyl (C=O) groups is 1. The Bertz CT molecular complexity index is 937. The quantitative estimate of drug-likeness (QED) is 0.842. The number of alkyl halides is 1. The lowest BCUT2D eigenvalue weighted by Gasteiger charge is -2.23. The molecule has 0 unspecified atom stereocenters. The minimum Gasteiger partial charge on any atom is -0.477 e. The van der Waals surface area contributed by atoms with E-state index in [-0.39, 0.29) is 40.1 Å². The molecule has 3 rings (SSSR count). The Kier molecular flexibility index (Phi) is 4.90.